The van der Waals surface area contributed by atoms with Crippen LogP contribution in [0, 0.1) is 0 Å². The van der Waals surface area contributed by atoms with Crippen LogP contribution < -0.4 is 0 Å². The summed E-state index contributed by atoms with van der Waals surface area (Å²) in [6.07, 6.45) is 15.9. The average molecular weight is 255 g/mol. The molecule has 78 valence electrons. The molecular weight excluding hydrogens is 239 g/mol. The van der Waals surface area contributed by atoms with Crippen molar-refractivity contribution in [2.24, 2.45) is 0 Å². The number of halogens is 1. The van der Waals surface area contributed by atoms with E-state index in [-0.39, 0.29) is 26.6 Å². The van der Waals surface area contributed by atoms with Gasteiger partial charge in [-0.2, -0.15) is 0 Å². The second-order valence-electron chi connectivity index (χ2n) is 4.16. The van der Waals surface area contributed by atoms with E-state index < -0.39 is 0 Å². The summed E-state index contributed by atoms with van der Waals surface area (Å²) >= 11 is 6.55. The van der Waals surface area contributed by atoms with Gasteiger partial charge in [-0.05, 0) is 31.8 Å². The van der Waals surface area contributed by atoms with Gasteiger partial charge in [0.15, 0.2) is 0 Å². The molecular formula is C13H15ClTi. The molecule has 2 rings (SSSR count). The number of alkyl halides is 1. The summed E-state index contributed by atoms with van der Waals surface area (Å²) in [6.45, 7) is 2.12. The smallest absolute Gasteiger partial charge is 0.0670 e. The molecule has 2 aliphatic carbocycles. The van der Waals surface area contributed by atoms with Crippen LogP contribution in [0.5, 0.6) is 0 Å². The molecule has 0 aromatic carbocycles. The zero-order chi connectivity index (χ0) is 10.0. The van der Waals surface area contributed by atoms with Gasteiger partial charge in [0.05, 0.1) is 4.87 Å². The molecule has 0 heterocycles. The Kier molecular flexibility index (Phi) is 4.64. The van der Waals surface area contributed by atoms with Crippen LogP contribution in [0.3, 0.4) is 0 Å². The molecule has 0 bridgehead atoms. The fourth-order valence-corrected chi connectivity index (χ4v) is 2.31. The van der Waals surface area contributed by atoms with Crippen molar-refractivity contribution in [3.05, 3.63) is 47.6 Å². The third-order valence-corrected chi connectivity index (χ3v) is 3.22. The Morgan fingerprint density at radius 1 is 1.20 bits per heavy atom. The summed E-state index contributed by atoms with van der Waals surface area (Å²) in [6, 6.07) is 0. The number of hydrogen-bond acceptors (Lipinski definition) is 0. The van der Waals surface area contributed by atoms with Gasteiger partial charge in [0.2, 0.25) is 0 Å². The van der Waals surface area contributed by atoms with Crippen molar-refractivity contribution in [3.63, 3.8) is 0 Å². The van der Waals surface area contributed by atoms with Crippen LogP contribution in [0.2, 0.25) is 0 Å². The fourth-order valence-electron chi connectivity index (χ4n) is 2.00. The monoisotopic (exact) mass is 254 g/mol. The maximum atomic E-state index is 6.55. The Morgan fingerprint density at radius 2 is 1.87 bits per heavy atom. The molecule has 1 atom stereocenters. The van der Waals surface area contributed by atoms with Crippen molar-refractivity contribution in [2.75, 3.05) is 0 Å². The van der Waals surface area contributed by atoms with Gasteiger partial charge in [-0.3, -0.25) is 0 Å². The van der Waals surface area contributed by atoms with E-state index in [4.69, 9.17) is 11.6 Å². The minimum Gasteiger partial charge on any atom is -0.114 e. The zero-order valence-corrected chi connectivity index (χ0v) is 11.3. The molecule has 0 radical (unpaired) electrons. The second-order valence-corrected chi connectivity index (χ2v) is 4.99. The molecule has 15 heavy (non-hydrogen) atoms. The van der Waals surface area contributed by atoms with Crippen molar-refractivity contribution in [1.82, 2.24) is 0 Å². The maximum Gasteiger partial charge on any atom is 0.0670 e. The summed E-state index contributed by atoms with van der Waals surface area (Å²) in [5.41, 5.74) is 2.78. The Bertz CT molecular complexity index is 346. The normalized spacial score (nSPS) is 22.0. The Hall–Kier alpha value is -0.0357. The number of rotatable bonds is 3. The Morgan fingerprint density at radius 3 is 2.40 bits per heavy atom. The van der Waals surface area contributed by atoms with Gasteiger partial charge in [0.25, 0.3) is 0 Å². The van der Waals surface area contributed by atoms with Crippen molar-refractivity contribution in [2.45, 2.75) is 31.1 Å². The van der Waals surface area contributed by atoms with Crippen LogP contribution in [0.25, 0.3) is 0 Å². The first-order valence-corrected chi connectivity index (χ1v) is 5.46. The minimum absolute atomic E-state index is 0. The van der Waals surface area contributed by atoms with E-state index >= 15 is 0 Å². The van der Waals surface area contributed by atoms with E-state index in [9.17, 15) is 0 Å². The van der Waals surface area contributed by atoms with Crippen LogP contribution in [0.1, 0.15) is 26.2 Å². The molecule has 0 saturated heterocycles. The van der Waals surface area contributed by atoms with Gasteiger partial charge >= 0.3 is 0 Å². The molecule has 0 spiro atoms. The molecule has 0 saturated carbocycles. The fraction of sp³-hybridized carbons (Fsp3) is 0.385. The predicted molar refractivity (Wildman–Crippen MR) is 62.6 cm³/mol. The van der Waals surface area contributed by atoms with Gasteiger partial charge in [0, 0.05) is 21.7 Å². The van der Waals surface area contributed by atoms with Crippen LogP contribution in [0.4, 0.5) is 0 Å². The van der Waals surface area contributed by atoms with E-state index in [1.807, 2.05) is 0 Å². The number of hydrogen-bond donors (Lipinski definition) is 0. The molecule has 0 aliphatic heterocycles. The van der Waals surface area contributed by atoms with Gasteiger partial charge in [-0.25, -0.2) is 0 Å². The molecule has 0 nitrogen and oxygen atoms in total. The van der Waals surface area contributed by atoms with Gasteiger partial charge in [-0.1, -0.05) is 42.0 Å². The van der Waals surface area contributed by atoms with Gasteiger partial charge in [-0.15, -0.1) is 11.6 Å². The topological polar surface area (TPSA) is 0 Å². The van der Waals surface area contributed by atoms with E-state index in [0.29, 0.717) is 0 Å². The SMILES string of the molecule is CC(Cl)(CC1=CC=CC1)C1=CC=CC1.[Ti]. The van der Waals surface area contributed by atoms with Gasteiger partial charge in [0.1, 0.15) is 0 Å². The largest absolute Gasteiger partial charge is 0.114 e. The van der Waals surface area contributed by atoms with Crippen molar-refractivity contribution < 1.29 is 21.7 Å². The first-order chi connectivity index (χ1) is 6.68. The quantitative estimate of drug-likeness (QED) is 0.524. The summed E-state index contributed by atoms with van der Waals surface area (Å²) < 4.78 is 0. The first-order valence-electron chi connectivity index (χ1n) is 5.08. The van der Waals surface area contributed by atoms with Crippen molar-refractivity contribution in [1.29, 1.82) is 0 Å². The van der Waals surface area contributed by atoms with Crippen LogP contribution in [0.15, 0.2) is 47.6 Å². The third-order valence-electron chi connectivity index (χ3n) is 2.85. The van der Waals surface area contributed by atoms with E-state index in [1.54, 1.807) is 0 Å². The van der Waals surface area contributed by atoms with Crippen molar-refractivity contribution in [3.8, 4) is 0 Å². The van der Waals surface area contributed by atoms with Crippen LogP contribution in [-0.4, -0.2) is 4.87 Å². The number of allylic oxidation sites excluding steroid dienone is 8. The average Bonchev–Trinajstić information content (AvgIpc) is 2.71. The van der Waals surface area contributed by atoms with Crippen LogP contribution in [-0.2, 0) is 21.7 Å². The van der Waals surface area contributed by atoms with Crippen molar-refractivity contribution >= 4 is 11.6 Å². The zero-order valence-electron chi connectivity index (χ0n) is 8.96. The molecule has 0 fully saturated rings. The van der Waals surface area contributed by atoms with Gasteiger partial charge < -0.3 is 0 Å². The standard InChI is InChI=1S/C13H15Cl.Ti/c1-13(14,12-8-4-5-9-12)10-11-6-2-3-7-11;/h2-6,8H,7,9-10H2,1H3;. The molecule has 0 aromatic rings. The molecule has 0 amide bonds. The second kappa shape index (κ2) is 5.34. The van der Waals surface area contributed by atoms with E-state index in [0.717, 1.165) is 19.3 Å². The Balaban J connectivity index is 0.00000112. The van der Waals surface area contributed by atoms with E-state index in [1.165, 1.54) is 11.1 Å². The maximum absolute atomic E-state index is 6.55. The molecule has 0 aromatic heterocycles. The summed E-state index contributed by atoms with van der Waals surface area (Å²) in [5, 5.41) is 0. The molecule has 1 unspecified atom stereocenters. The summed E-state index contributed by atoms with van der Waals surface area (Å²) in [5.74, 6) is 0. The summed E-state index contributed by atoms with van der Waals surface area (Å²) in [7, 11) is 0. The Labute approximate surface area is 112 Å². The molecule has 2 aliphatic rings. The predicted octanol–water partition coefficient (Wildman–Crippen LogP) is 4.14. The molecule has 2 heteroatoms. The minimum atomic E-state index is -0.193. The third kappa shape index (κ3) is 3.21. The van der Waals surface area contributed by atoms with E-state index in [2.05, 4.69) is 43.4 Å². The first kappa shape index (κ1) is 13.0. The summed E-state index contributed by atoms with van der Waals surface area (Å²) in [4.78, 5) is -0.193. The molecule has 0 N–H and O–H groups in total. The van der Waals surface area contributed by atoms with Crippen LogP contribution >= 0.6 is 11.6 Å².